The molecule has 4 aromatic rings. The Morgan fingerprint density at radius 3 is 2.71 bits per heavy atom. The second-order valence-corrected chi connectivity index (χ2v) is 8.45. The van der Waals surface area contributed by atoms with Gasteiger partial charge in [0, 0.05) is 42.1 Å². The lowest BCUT2D eigenvalue weighted by atomic mass is 10.0. The van der Waals surface area contributed by atoms with Crippen molar-refractivity contribution in [1.29, 1.82) is 0 Å². The number of anilines is 3. The van der Waals surface area contributed by atoms with Gasteiger partial charge in [-0.1, -0.05) is 11.8 Å². The van der Waals surface area contributed by atoms with Crippen LogP contribution in [0.1, 0.15) is 21.5 Å². The van der Waals surface area contributed by atoms with E-state index in [1.54, 1.807) is 37.5 Å². The van der Waals surface area contributed by atoms with Crippen LogP contribution in [0.25, 0.3) is 10.9 Å². The van der Waals surface area contributed by atoms with Crippen molar-refractivity contribution in [2.45, 2.75) is 6.92 Å². The summed E-state index contributed by atoms with van der Waals surface area (Å²) in [5.74, 6) is 6.10. The van der Waals surface area contributed by atoms with E-state index in [1.807, 2.05) is 44.1 Å². The lowest BCUT2D eigenvalue weighted by Crippen LogP contribution is -2.16. The minimum atomic E-state index is -0.264. The molecule has 0 spiro atoms. The largest absolute Gasteiger partial charge is 0.355 e. The Morgan fingerprint density at radius 2 is 1.97 bits per heavy atom. The molecule has 0 atom stereocenters. The third-order valence-corrected chi connectivity index (χ3v) is 5.40. The molecule has 8 nitrogen and oxygen atoms in total. The molecule has 8 heteroatoms. The number of rotatable bonds is 5. The molecule has 35 heavy (non-hydrogen) atoms. The summed E-state index contributed by atoms with van der Waals surface area (Å²) < 4.78 is 1.45. The number of benzene rings is 2. The van der Waals surface area contributed by atoms with Crippen molar-refractivity contribution >= 4 is 33.9 Å². The van der Waals surface area contributed by atoms with Crippen LogP contribution in [0.15, 0.2) is 66.0 Å². The topological polar surface area (TPSA) is 92.2 Å². The van der Waals surface area contributed by atoms with Crippen molar-refractivity contribution in [3.8, 4) is 11.8 Å². The number of hydrogen-bond donors (Lipinski definition) is 2. The predicted molar refractivity (Wildman–Crippen MR) is 139 cm³/mol. The molecule has 176 valence electrons. The minimum Gasteiger partial charge on any atom is -0.355 e. The normalized spacial score (nSPS) is 10.7. The fourth-order valence-corrected chi connectivity index (χ4v) is 3.48. The van der Waals surface area contributed by atoms with Crippen LogP contribution in [0.3, 0.4) is 0 Å². The molecule has 0 saturated carbocycles. The molecule has 0 fully saturated rings. The lowest BCUT2D eigenvalue weighted by Gasteiger charge is -2.15. The Morgan fingerprint density at radius 1 is 1.14 bits per heavy atom. The fraction of sp³-hybridized carbons (Fsp3) is 0.185. The van der Waals surface area contributed by atoms with Gasteiger partial charge in [0.25, 0.3) is 11.5 Å². The predicted octanol–water partition coefficient (Wildman–Crippen LogP) is 3.55. The first-order valence-corrected chi connectivity index (χ1v) is 11.0. The molecule has 0 radical (unpaired) electrons. The van der Waals surface area contributed by atoms with E-state index in [1.165, 1.54) is 17.1 Å². The maximum atomic E-state index is 12.7. The van der Waals surface area contributed by atoms with Gasteiger partial charge in [-0.25, -0.2) is 4.98 Å². The number of amides is 1. The quantitative estimate of drug-likeness (QED) is 0.437. The van der Waals surface area contributed by atoms with Gasteiger partial charge in [0.15, 0.2) is 0 Å². The Kier molecular flexibility index (Phi) is 6.90. The molecular formula is C27H26N6O2. The zero-order chi connectivity index (χ0) is 24.9. The van der Waals surface area contributed by atoms with E-state index in [9.17, 15) is 9.59 Å². The van der Waals surface area contributed by atoms with Crippen molar-refractivity contribution in [3.05, 3.63) is 88.2 Å². The number of hydrogen-bond acceptors (Lipinski definition) is 6. The van der Waals surface area contributed by atoms with Crippen LogP contribution < -0.4 is 16.2 Å². The molecular weight excluding hydrogens is 440 g/mol. The van der Waals surface area contributed by atoms with Gasteiger partial charge in [-0.05, 0) is 69.0 Å². The first-order valence-electron chi connectivity index (χ1n) is 11.0. The monoisotopic (exact) mass is 466 g/mol. The highest BCUT2D eigenvalue weighted by Crippen LogP contribution is 2.28. The van der Waals surface area contributed by atoms with E-state index in [2.05, 4.69) is 32.4 Å². The SMILES string of the molecule is Cc1c(C#CCN(C)C)cc(NC(=O)c2cccnc2)cc1Nc1ccc2ncn(C)c(=O)c2c1. The molecule has 0 bridgehead atoms. The van der Waals surface area contributed by atoms with Crippen LogP contribution in [0.4, 0.5) is 17.1 Å². The summed E-state index contributed by atoms with van der Waals surface area (Å²) in [5.41, 5.74) is 4.77. The standard InChI is InChI=1S/C27H26N6O2/c1-18-19(8-6-12-32(2)3)13-22(31-26(34)20-7-5-11-28-16-20)15-25(18)30-21-9-10-24-23(14-21)27(35)33(4)17-29-24/h5,7,9-11,13-17,30H,12H2,1-4H3,(H,31,34). The van der Waals surface area contributed by atoms with Crippen molar-refractivity contribution in [2.75, 3.05) is 31.3 Å². The van der Waals surface area contributed by atoms with Gasteiger partial charge in [0.2, 0.25) is 0 Å². The first kappa shape index (κ1) is 23.7. The van der Waals surface area contributed by atoms with Crippen LogP contribution in [0, 0.1) is 18.8 Å². The molecule has 1 amide bonds. The van der Waals surface area contributed by atoms with Gasteiger partial charge in [-0.2, -0.15) is 0 Å². The third kappa shape index (κ3) is 5.54. The number of carbonyl (C=O) groups excluding carboxylic acids is 1. The fourth-order valence-electron chi connectivity index (χ4n) is 3.48. The first-order chi connectivity index (χ1) is 16.8. The highest BCUT2D eigenvalue weighted by molar-refractivity contribution is 6.04. The van der Waals surface area contributed by atoms with Gasteiger partial charge in [-0.15, -0.1) is 0 Å². The summed E-state index contributed by atoms with van der Waals surface area (Å²) in [6.45, 7) is 2.58. The molecule has 0 aliphatic heterocycles. The molecule has 0 aliphatic rings. The second kappa shape index (κ2) is 10.2. The van der Waals surface area contributed by atoms with E-state index >= 15 is 0 Å². The van der Waals surface area contributed by atoms with Gasteiger partial charge < -0.3 is 15.2 Å². The van der Waals surface area contributed by atoms with E-state index in [-0.39, 0.29) is 11.5 Å². The van der Waals surface area contributed by atoms with Crippen molar-refractivity contribution < 1.29 is 4.79 Å². The smallest absolute Gasteiger partial charge is 0.260 e. The summed E-state index contributed by atoms with van der Waals surface area (Å²) >= 11 is 0. The van der Waals surface area contributed by atoms with E-state index in [0.717, 1.165) is 22.5 Å². The highest BCUT2D eigenvalue weighted by Gasteiger charge is 2.12. The zero-order valence-electron chi connectivity index (χ0n) is 20.1. The van der Waals surface area contributed by atoms with Crippen molar-refractivity contribution in [3.63, 3.8) is 0 Å². The number of nitrogens with zero attached hydrogens (tertiary/aromatic N) is 4. The zero-order valence-corrected chi connectivity index (χ0v) is 20.1. The van der Waals surface area contributed by atoms with Crippen LogP contribution in [-0.2, 0) is 7.05 Å². The summed E-state index contributed by atoms with van der Waals surface area (Å²) in [4.78, 5) is 35.6. The van der Waals surface area contributed by atoms with Gasteiger partial charge in [0.1, 0.15) is 0 Å². The maximum absolute atomic E-state index is 12.7. The van der Waals surface area contributed by atoms with Crippen LogP contribution in [0.2, 0.25) is 0 Å². The number of pyridine rings is 1. The molecule has 0 unspecified atom stereocenters. The lowest BCUT2D eigenvalue weighted by molar-refractivity contribution is 0.102. The number of aryl methyl sites for hydroxylation is 1. The summed E-state index contributed by atoms with van der Waals surface area (Å²) in [6.07, 6.45) is 4.65. The Labute approximate surface area is 203 Å². The summed E-state index contributed by atoms with van der Waals surface area (Å²) in [5, 5.41) is 6.84. The van der Waals surface area contributed by atoms with Crippen LogP contribution in [0.5, 0.6) is 0 Å². The molecule has 0 saturated heterocycles. The number of fused-ring (bicyclic) bond motifs is 1. The Hall–Kier alpha value is -4.48. The number of carbonyl (C=O) groups is 1. The van der Waals surface area contributed by atoms with E-state index < -0.39 is 0 Å². The van der Waals surface area contributed by atoms with E-state index in [4.69, 9.17) is 0 Å². The highest BCUT2D eigenvalue weighted by atomic mass is 16.1. The number of nitrogens with one attached hydrogen (secondary N) is 2. The van der Waals surface area contributed by atoms with Crippen molar-refractivity contribution in [1.82, 2.24) is 19.4 Å². The second-order valence-electron chi connectivity index (χ2n) is 8.45. The minimum absolute atomic E-state index is 0.122. The van der Waals surface area contributed by atoms with Gasteiger partial charge in [0.05, 0.1) is 29.3 Å². The average Bonchev–Trinajstić information content (AvgIpc) is 2.84. The van der Waals surface area contributed by atoms with Crippen LogP contribution in [-0.4, -0.2) is 46.0 Å². The van der Waals surface area contributed by atoms with Gasteiger partial charge >= 0.3 is 0 Å². The number of aromatic nitrogens is 3. The average molecular weight is 467 g/mol. The van der Waals surface area contributed by atoms with Gasteiger partial charge in [-0.3, -0.25) is 19.5 Å². The molecule has 2 aromatic heterocycles. The van der Waals surface area contributed by atoms with Crippen LogP contribution >= 0.6 is 0 Å². The molecule has 2 heterocycles. The summed E-state index contributed by atoms with van der Waals surface area (Å²) in [7, 11) is 5.59. The Bertz CT molecular complexity index is 1510. The van der Waals surface area contributed by atoms with E-state index in [0.29, 0.717) is 28.7 Å². The Balaban J connectivity index is 1.73. The third-order valence-electron chi connectivity index (χ3n) is 5.40. The molecule has 0 aliphatic carbocycles. The maximum Gasteiger partial charge on any atom is 0.260 e. The van der Waals surface area contributed by atoms with Crippen molar-refractivity contribution in [2.24, 2.45) is 7.05 Å². The molecule has 2 aromatic carbocycles. The molecule has 4 rings (SSSR count). The summed E-state index contributed by atoms with van der Waals surface area (Å²) in [6, 6.07) is 12.6. The molecule has 2 N–H and O–H groups in total.